The fourth-order valence-corrected chi connectivity index (χ4v) is 22.0. The molecule has 0 radical (unpaired) electrons. The number of carbonyl (C=O) groups excluding carboxylic acids is 2. The van der Waals surface area contributed by atoms with Crippen LogP contribution < -0.4 is 0 Å². The van der Waals surface area contributed by atoms with Crippen molar-refractivity contribution in [3.8, 4) is 16.2 Å². The van der Waals surface area contributed by atoms with Crippen LogP contribution in [0.4, 0.5) is 13.2 Å². The van der Waals surface area contributed by atoms with E-state index in [-0.39, 0.29) is 43.1 Å². The van der Waals surface area contributed by atoms with Gasteiger partial charge in [-0.2, -0.15) is 13.2 Å². The molecule has 2 aromatic carbocycles. The number of aromatic hydroxyl groups is 1. The minimum absolute atomic E-state index is 0.00657. The predicted octanol–water partition coefficient (Wildman–Crippen LogP) is 19.7. The van der Waals surface area contributed by atoms with Gasteiger partial charge in [0.15, 0.2) is 39.1 Å². The third-order valence-corrected chi connectivity index (χ3v) is 31.1. The quantitative estimate of drug-likeness (QED) is 0.0212. The molecule has 10 heterocycles. The SMILES string of the molecule is CC(=O)c1nc(C)c(CCO[N+](=O)[O-])s1.COCc1sc(C(C)O[N+](=O)[O-])nc1C.COCc1sc(CCO[N+](=O)[O-])nc1C.Cc1ccc2c(C(CO[N+](=O)[O-])O[N+](=O)[O-])c(-c3ccc(O)cc3)sc2c1.Cc1nc(C(=O)c2nc(C)c(CCO[N+](=O)[O-])s2)sc1C.Cc1nc(C(C)O[N+](=O)[O-])sc1C.Cc1nc(C(O[N+](=O)[O-])(c2nc(C)c(C)s2)C(C)C)sc1C.Cc1nc(C(O[N+](=O)[O-])C(F)(F)F)sc1C. The number of Topliss-reactive ketones (excluding diaryl/α,β-unsaturated/α-hetero) is 1. The number of alkyl halides is 3. The van der Waals surface area contributed by atoms with Gasteiger partial charge < -0.3 is 48.4 Å². The maximum atomic E-state index is 12.4. The number of phenols is 1. The lowest BCUT2D eigenvalue weighted by Gasteiger charge is -2.31. The molecule has 0 bridgehead atoms. The van der Waals surface area contributed by atoms with Crippen LogP contribution in [0, 0.1) is 201 Å². The van der Waals surface area contributed by atoms with Crippen molar-refractivity contribution in [3.05, 3.63) is 285 Å². The van der Waals surface area contributed by atoms with Crippen molar-refractivity contribution in [1.29, 1.82) is 0 Å². The van der Waals surface area contributed by atoms with Gasteiger partial charge in [-0.15, -0.1) is 204 Å². The number of nitrogens with zero attached hydrogens (tertiary/aromatic N) is 18. The van der Waals surface area contributed by atoms with Crippen molar-refractivity contribution >= 4 is 135 Å². The van der Waals surface area contributed by atoms with E-state index in [0.717, 1.165) is 105 Å². The Bertz CT molecular complexity index is 6270. The van der Waals surface area contributed by atoms with Gasteiger partial charge >= 0.3 is 6.18 Å². The maximum Gasteiger partial charge on any atom is 0.421 e. The smallest absolute Gasteiger partial charge is 0.421 e. The zero-order chi connectivity index (χ0) is 108. The van der Waals surface area contributed by atoms with Crippen LogP contribution in [-0.4, -0.2) is 154 Å². The van der Waals surface area contributed by atoms with E-state index in [0.29, 0.717) is 105 Å². The fourth-order valence-electron chi connectivity index (χ4n) is 11.5. The van der Waals surface area contributed by atoms with Crippen LogP contribution in [0.5, 0.6) is 5.75 Å². The highest BCUT2D eigenvalue weighted by molar-refractivity contribution is 7.22. The van der Waals surface area contributed by atoms with Gasteiger partial charge in [-0.1, -0.05) is 26.0 Å². The number of thiophene rings is 1. The molecule has 0 saturated carbocycles. The van der Waals surface area contributed by atoms with Crippen LogP contribution >= 0.6 is 113 Å². The van der Waals surface area contributed by atoms with Crippen LogP contribution in [0.1, 0.15) is 220 Å². The summed E-state index contributed by atoms with van der Waals surface area (Å²) in [5.41, 5.74) is 7.92. The van der Waals surface area contributed by atoms with Gasteiger partial charge in [-0.25, -0.2) is 44.9 Å². The first-order valence-corrected chi connectivity index (χ1v) is 49.6. The minimum atomic E-state index is -4.86. The standard InChI is InChI=1S/C17H14N2O7S.C14H19N3O3S2.C12H13N3O4S2.2C8H12N2O4S.C8H10N2O4S.C7H7F3N2O3S.C7H10N2O3S/c1-10-2-7-13-15(8-10)27-17(11-3-5-12(20)6-4-11)16(13)14(26-19(23)24)9-25-18(21)22;1-7(2)14(20-17(18)19,12-15-8(3)10(5)21-12)13-16-9(4)11(6)22-13;1-6-8(3)20-11(13-6)10(16)12-14-7(2)9(21-12)4-5-19-15(17)18;1-5-7(4-13-3)15-8(9-5)6(2)14-10(11)12;1-6-7(5-13-2)15-8(9-6)3-4-14-10(11)12;1-5-7(3-4-14-10(12)13)15-8(9-5)6(2)11;1-3-4(2)16-6(11-3)5(7(8,9)10)15-12(13)14;1-4-6(3)13-7(8-4)5(2)12-9(10)11/h2-8,14,20H,9H2,1H3;7H,1-6H3;4-5H2,1-3H3;6H,4H2,1-3H3;3-5H2,1-2H3;3-4H2,1-2H3;5H,1-2H3;5H,1-3H3. The van der Waals surface area contributed by atoms with E-state index in [1.165, 1.54) is 128 Å². The van der Waals surface area contributed by atoms with Crippen molar-refractivity contribution in [1.82, 2.24) is 44.9 Å². The second-order valence-electron chi connectivity index (χ2n) is 29.9. The number of carbonyl (C=O) groups is 2. The van der Waals surface area contributed by atoms with E-state index in [1.807, 2.05) is 102 Å². The number of rotatable bonds is 40. The molecule has 0 aliphatic heterocycles. The summed E-state index contributed by atoms with van der Waals surface area (Å²) in [5, 5.41) is 98.8. The molecule has 0 fully saturated rings. The first-order valence-electron chi connectivity index (χ1n) is 41.5. The molecular weight excluding hydrogens is 2110 g/mol. The number of hydrogen-bond donors (Lipinski definition) is 1. The molecule has 4 atom stereocenters. The highest BCUT2D eigenvalue weighted by Gasteiger charge is 2.49. The Morgan fingerprint density at radius 1 is 0.410 bits per heavy atom. The first kappa shape index (κ1) is 121. The van der Waals surface area contributed by atoms with Gasteiger partial charge in [-0.3, -0.25) is 19.3 Å². The van der Waals surface area contributed by atoms with Crippen LogP contribution in [0.15, 0.2) is 42.5 Å². The van der Waals surface area contributed by atoms with Crippen molar-refractivity contribution in [2.45, 2.75) is 207 Å². The lowest BCUT2D eigenvalue weighted by molar-refractivity contribution is -0.792. The number of ether oxygens (including phenoxy) is 2. The second kappa shape index (κ2) is 56.7. The van der Waals surface area contributed by atoms with Gasteiger partial charge in [0.1, 0.15) is 57.2 Å². The molecule has 50 nitrogen and oxygen atoms in total. The van der Waals surface area contributed by atoms with E-state index in [2.05, 4.69) is 78.7 Å². The molecule has 4 unspecified atom stereocenters. The number of benzene rings is 2. The molecule has 144 heavy (non-hydrogen) atoms. The van der Waals surface area contributed by atoms with Crippen molar-refractivity contribution in [2.75, 3.05) is 40.6 Å². The molecule has 0 amide bonds. The number of hydrogen-bond acceptors (Lipinski definition) is 51. The summed E-state index contributed by atoms with van der Waals surface area (Å²) in [5.74, 6) is -0.407. The summed E-state index contributed by atoms with van der Waals surface area (Å²) in [4.78, 5) is 202. The van der Waals surface area contributed by atoms with Gasteiger partial charge in [-0.05, 0) is 170 Å². The Kier molecular flexibility index (Phi) is 47.7. The molecule has 0 saturated heterocycles. The van der Waals surface area contributed by atoms with Crippen molar-refractivity contribution in [2.24, 2.45) is 5.92 Å². The van der Waals surface area contributed by atoms with Crippen molar-refractivity contribution in [3.63, 3.8) is 0 Å². The number of ketones is 2. The normalized spacial score (nSPS) is 11.7. The van der Waals surface area contributed by atoms with Gasteiger partial charge in [0.2, 0.25) is 11.4 Å². The molecule has 12 rings (SSSR count). The highest BCUT2D eigenvalue weighted by atomic mass is 32.1. The molecule has 12 aromatic rings. The number of phenolic OH excluding ortho intramolecular Hbond substituents is 1. The van der Waals surface area contributed by atoms with Gasteiger partial charge in [0, 0.05) is 89.7 Å². The van der Waals surface area contributed by atoms with Crippen LogP contribution in [0.3, 0.4) is 0 Å². The number of aryl methyl sites for hydroxylation is 15. The molecule has 1 N–H and O–H groups in total. The summed E-state index contributed by atoms with van der Waals surface area (Å²) in [7, 11) is 3.21. The van der Waals surface area contributed by atoms with E-state index >= 15 is 0 Å². The number of halogens is 3. The molecule has 10 aromatic heterocycles. The highest BCUT2D eigenvalue weighted by Crippen LogP contribution is 2.47. The maximum absolute atomic E-state index is 12.4. The predicted molar refractivity (Wildman–Crippen MR) is 521 cm³/mol. The zero-order valence-electron chi connectivity index (χ0n) is 80.7. The summed E-state index contributed by atoms with van der Waals surface area (Å²) < 4.78 is 48.2. The van der Waals surface area contributed by atoms with E-state index in [1.54, 1.807) is 67.0 Å². The molecule has 784 valence electrons. The summed E-state index contributed by atoms with van der Waals surface area (Å²) in [6.45, 7) is 36.3. The summed E-state index contributed by atoms with van der Waals surface area (Å²) in [6.07, 6.45) is -8.75. The average molecular weight is 2210 g/mol. The van der Waals surface area contributed by atoms with Gasteiger partial charge in [0.25, 0.3) is 51.9 Å². The lowest BCUT2D eigenvalue weighted by Crippen LogP contribution is -2.38. The Balaban J connectivity index is 0.000000293. The van der Waals surface area contributed by atoms with E-state index in [9.17, 15) is 119 Å². The van der Waals surface area contributed by atoms with E-state index in [4.69, 9.17) is 19.1 Å². The Labute approximate surface area is 855 Å². The zero-order valence-corrected chi connectivity index (χ0v) is 88.8. The molecular formula is C81H97F3N18O32S10. The third-order valence-electron chi connectivity index (χ3n) is 19.1. The van der Waals surface area contributed by atoms with E-state index < -0.39 is 93.6 Å². The molecule has 63 heteroatoms. The topological polar surface area (TPSA) is 660 Å². The first-order chi connectivity index (χ1) is 67.3. The van der Waals surface area contributed by atoms with Gasteiger partial charge in [0.05, 0.1) is 79.2 Å². The summed E-state index contributed by atoms with van der Waals surface area (Å²) in [6, 6.07) is 11.9. The lowest BCUT2D eigenvalue weighted by atomic mass is 9.91. The molecule has 0 aliphatic carbocycles. The monoisotopic (exact) mass is 2210 g/mol. The third kappa shape index (κ3) is 37.8. The summed E-state index contributed by atoms with van der Waals surface area (Å²) >= 11 is 13.1. The Morgan fingerprint density at radius 2 is 0.806 bits per heavy atom. The van der Waals surface area contributed by atoms with Crippen LogP contribution in [0.25, 0.3) is 20.5 Å². The second-order valence-corrected chi connectivity index (χ2v) is 41.5. The molecule has 0 aliphatic rings. The minimum Gasteiger partial charge on any atom is -0.508 e. The Morgan fingerprint density at radius 3 is 1.21 bits per heavy atom. The average Bonchev–Trinajstić information content (AvgIpc) is 1.59. The fraction of sp³-hybridized carbons (Fsp3) is 0.469. The number of methoxy groups -OCH3 is 2. The largest absolute Gasteiger partial charge is 0.508 e. The number of fused-ring (bicyclic) bond motifs is 1. The Hall–Kier alpha value is -13.3. The van der Waals surface area contributed by atoms with Crippen LogP contribution in [0.2, 0.25) is 0 Å². The van der Waals surface area contributed by atoms with Crippen LogP contribution in [-0.2, 0) is 91.1 Å². The molecule has 0 spiro atoms. The number of aromatic nitrogens is 9. The number of thiazole rings is 9. The van der Waals surface area contributed by atoms with Crippen molar-refractivity contribution < 1.29 is 127 Å².